The number of benzene rings is 2. The van der Waals surface area contributed by atoms with Gasteiger partial charge in [0.15, 0.2) is 0 Å². The minimum Gasteiger partial charge on any atom is -0.398 e. The molecule has 0 aliphatic carbocycles. The predicted octanol–water partition coefficient (Wildman–Crippen LogP) is 3.41. The van der Waals surface area contributed by atoms with E-state index in [0.717, 1.165) is 0 Å². The largest absolute Gasteiger partial charge is 0.398 e. The maximum atomic E-state index is 12.1. The van der Waals surface area contributed by atoms with Crippen LogP contribution in [-0.2, 0) is 6.54 Å². The molecule has 0 saturated carbocycles. The van der Waals surface area contributed by atoms with E-state index in [2.05, 4.69) is 5.32 Å². The van der Waals surface area contributed by atoms with Crippen molar-refractivity contribution in [1.82, 2.24) is 5.32 Å². The third kappa shape index (κ3) is 3.66. The Balaban J connectivity index is 2.14. The summed E-state index contributed by atoms with van der Waals surface area (Å²) >= 11 is 11.8. The molecule has 2 aromatic carbocycles. The number of rotatable bonds is 4. The number of nitro groups is 1. The van der Waals surface area contributed by atoms with Crippen molar-refractivity contribution in [3.63, 3.8) is 0 Å². The van der Waals surface area contributed by atoms with Crippen LogP contribution in [0.3, 0.4) is 0 Å². The quantitative estimate of drug-likeness (QED) is 0.506. The minimum absolute atomic E-state index is 0.0456. The first kappa shape index (κ1) is 16.1. The molecule has 2 aromatic rings. The van der Waals surface area contributed by atoms with E-state index >= 15 is 0 Å². The average Bonchev–Trinajstić information content (AvgIpc) is 2.44. The fourth-order valence-corrected chi connectivity index (χ4v) is 2.48. The van der Waals surface area contributed by atoms with Gasteiger partial charge in [-0.15, -0.1) is 0 Å². The van der Waals surface area contributed by atoms with Crippen LogP contribution < -0.4 is 11.1 Å². The highest BCUT2D eigenvalue weighted by atomic mass is 35.5. The molecule has 0 unspecified atom stereocenters. The van der Waals surface area contributed by atoms with Crippen molar-refractivity contribution in [3.8, 4) is 0 Å². The molecule has 3 N–H and O–H groups in total. The van der Waals surface area contributed by atoms with Crippen molar-refractivity contribution in [2.45, 2.75) is 6.54 Å². The minimum atomic E-state index is -0.501. The van der Waals surface area contributed by atoms with Crippen molar-refractivity contribution < 1.29 is 9.72 Å². The second kappa shape index (κ2) is 6.64. The van der Waals surface area contributed by atoms with Gasteiger partial charge < -0.3 is 11.1 Å². The van der Waals surface area contributed by atoms with Gasteiger partial charge in [0.05, 0.1) is 15.5 Å². The molecule has 6 nitrogen and oxygen atoms in total. The molecule has 0 bridgehead atoms. The Morgan fingerprint density at radius 1 is 1.27 bits per heavy atom. The number of hydrogen-bond acceptors (Lipinski definition) is 4. The van der Waals surface area contributed by atoms with E-state index in [1.807, 2.05) is 0 Å². The number of carbonyl (C=O) groups excluding carboxylic acids is 1. The zero-order valence-corrected chi connectivity index (χ0v) is 12.7. The van der Waals surface area contributed by atoms with Crippen LogP contribution in [0.15, 0.2) is 36.4 Å². The molecule has 1 amide bonds. The maximum absolute atomic E-state index is 12.1. The van der Waals surface area contributed by atoms with Crippen molar-refractivity contribution in [2.24, 2.45) is 0 Å². The smallest absolute Gasteiger partial charge is 0.269 e. The monoisotopic (exact) mass is 339 g/mol. The first-order valence-corrected chi connectivity index (χ1v) is 6.90. The number of amides is 1. The highest BCUT2D eigenvalue weighted by Gasteiger charge is 2.15. The lowest BCUT2D eigenvalue weighted by molar-refractivity contribution is -0.384. The van der Waals surface area contributed by atoms with Gasteiger partial charge in [0, 0.05) is 29.4 Å². The molecular weight excluding hydrogens is 329 g/mol. The Morgan fingerprint density at radius 2 is 2.00 bits per heavy atom. The van der Waals surface area contributed by atoms with Gasteiger partial charge in [-0.05, 0) is 17.7 Å². The molecule has 0 fully saturated rings. The number of anilines is 1. The number of nitro benzene ring substituents is 1. The van der Waals surface area contributed by atoms with E-state index in [1.165, 1.54) is 24.3 Å². The Labute approximate surface area is 136 Å². The number of hydrogen-bond donors (Lipinski definition) is 2. The Morgan fingerprint density at radius 3 is 2.64 bits per heavy atom. The Kier molecular flexibility index (Phi) is 4.85. The van der Waals surface area contributed by atoms with Crippen LogP contribution in [-0.4, -0.2) is 10.8 Å². The summed E-state index contributed by atoms with van der Waals surface area (Å²) in [5.41, 5.74) is 6.56. The SMILES string of the molecule is Nc1cc(Cl)cc(Cl)c1C(=O)NCc1cccc([N+](=O)[O-])c1. The highest BCUT2D eigenvalue weighted by Crippen LogP contribution is 2.27. The van der Waals surface area contributed by atoms with Crippen LogP contribution in [0.5, 0.6) is 0 Å². The number of non-ortho nitro benzene ring substituents is 1. The summed E-state index contributed by atoms with van der Waals surface area (Å²) in [6.45, 7) is 0.110. The predicted molar refractivity (Wildman–Crippen MR) is 85.1 cm³/mol. The van der Waals surface area contributed by atoms with Gasteiger partial charge in [0.2, 0.25) is 0 Å². The summed E-state index contributed by atoms with van der Waals surface area (Å²) in [5, 5.41) is 13.8. The van der Waals surface area contributed by atoms with Gasteiger partial charge in [-0.1, -0.05) is 35.3 Å². The summed E-state index contributed by atoms with van der Waals surface area (Å²) in [4.78, 5) is 22.3. The normalized spacial score (nSPS) is 10.3. The van der Waals surface area contributed by atoms with Crippen molar-refractivity contribution in [2.75, 3.05) is 5.73 Å². The lowest BCUT2D eigenvalue weighted by Crippen LogP contribution is -2.24. The summed E-state index contributed by atoms with van der Waals surface area (Å²) in [7, 11) is 0. The lowest BCUT2D eigenvalue weighted by atomic mass is 10.1. The van der Waals surface area contributed by atoms with Crippen LogP contribution in [0.1, 0.15) is 15.9 Å². The summed E-state index contributed by atoms with van der Waals surface area (Å²) in [6.07, 6.45) is 0. The number of halogens is 2. The lowest BCUT2D eigenvalue weighted by Gasteiger charge is -2.10. The molecule has 0 radical (unpaired) electrons. The van der Waals surface area contributed by atoms with E-state index in [-0.39, 0.29) is 28.5 Å². The second-order valence-corrected chi connectivity index (χ2v) is 5.31. The molecular formula is C14H11Cl2N3O3. The first-order chi connectivity index (χ1) is 10.4. The highest BCUT2D eigenvalue weighted by molar-refractivity contribution is 6.37. The third-order valence-corrected chi connectivity index (χ3v) is 3.40. The maximum Gasteiger partial charge on any atom is 0.269 e. The molecule has 0 aliphatic heterocycles. The van der Waals surface area contributed by atoms with Crippen molar-refractivity contribution >= 4 is 40.5 Å². The second-order valence-electron chi connectivity index (χ2n) is 4.46. The molecule has 0 heterocycles. The van der Waals surface area contributed by atoms with Crippen LogP contribution in [0.25, 0.3) is 0 Å². The van der Waals surface area contributed by atoms with Crippen LogP contribution in [0.4, 0.5) is 11.4 Å². The topological polar surface area (TPSA) is 98.3 Å². The molecule has 8 heteroatoms. The van der Waals surface area contributed by atoms with Gasteiger partial charge in [-0.3, -0.25) is 14.9 Å². The van der Waals surface area contributed by atoms with Gasteiger partial charge in [-0.2, -0.15) is 0 Å². The van der Waals surface area contributed by atoms with Crippen LogP contribution >= 0.6 is 23.2 Å². The first-order valence-electron chi connectivity index (χ1n) is 6.14. The number of nitrogens with two attached hydrogens (primary N) is 1. The number of nitrogens with zero attached hydrogens (tertiary/aromatic N) is 1. The molecule has 22 heavy (non-hydrogen) atoms. The van der Waals surface area contributed by atoms with Gasteiger partial charge in [0.1, 0.15) is 0 Å². The number of carbonyl (C=O) groups is 1. The fourth-order valence-electron chi connectivity index (χ4n) is 1.88. The van der Waals surface area contributed by atoms with Gasteiger partial charge >= 0.3 is 0 Å². The van der Waals surface area contributed by atoms with Crippen molar-refractivity contribution in [1.29, 1.82) is 0 Å². The van der Waals surface area contributed by atoms with E-state index in [1.54, 1.807) is 12.1 Å². The molecule has 0 saturated heterocycles. The molecule has 2 rings (SSSR count). The standard InChI is InChI=1S/C14H11Cl2N3O3/c15-9-5-11(16)13(12(17)6-9)14(20)18-7-8-2-1-3-10(4-8)19(21)22/h1-6H,7,17H2,(H,18,20). The number of nitrogens with one attached hydrogen (secondary N) is 1. The zero-order valence-electron chi connectivity index (χ0n) is 11.2. The van der Waals surface area contributed by atoms with E-state index in [0.29, 0.717) is 10.6 Å². The summed E-state index contributed by atoms with van der Waals surface area (Å²) < 4.78 is 0. The average molecular weight is 340 g/mol. The van der Waals surface area contributed by atoms with Crippen LogP contribution in [0, 0.1) is 10.1 Å². The van der Waals surface area contributed by atoms with Crippen molar-refractivity contribution in [3.05, 3.63) is 67.7 Å². The van der Waals surface area contributed by atoms with E-state index in [4.69, 9.17) is 28.9 Å². The third-order valence-electron chi connectivity index (χ3n) is 2.89. The zero-order chi connectivity index (χ0) is 16.3. The Bertz CT molecular complexity index is 727. The molecule has 0 spiro atoms. The van der Waals surface area contributed by atoms with E-state index < -0.39 is 10.8 Å². The van der Waals surface area contributed by atoms with Crippen LogP contribution in [0.2, 0.25) is 10.0 Å². The summed E-state index contributed by atoms with van der Waals surface area (Å²) in [5.74, 6) is -0.481. The number of nitrogen functional groups attached to an aromatic ring is 1. The molecule has 0 aliphatic rings. The molecule has 0 aromatic heterocycles. The van der Waals surface area contributed by atoms with E-state index in [9.17, 15) is 14.9 Å². The van der Waals surface area contributed by atoms with Gasteiger partial charge in [-0.25, -0.2) is 0 Å². The molecule has 0 atom stereocenters. The Hall–Kier alpha value is -2.31. The van der Waals surface area contributed by atoms with Gasteiger partial charge in [0.25, 0.3) is 11.6 Å². The summed E-state index contributed by atoms with van der Waals surface area (Å²) in [6, 6.07) is 8.81. The molecule has 114 valence electrons. The fraction of sp³-hybridized carbons (Fsp3) is 0.0714.